The van der Waals surface area contributed by atoms with E-state index < -0.39 is 0 Å². The van der Waals surface area contributed by atoms with E-state index in [4.69, 9.17) is 9.15 Å². The second-order valence-electron chi connectivity index (χ2n) is 5.22. The molecule has 0 radical (unpaired) electrons. The number of furan rings is 1. The Morgan fingerprint density at radius 1 is 1.44 bits per heavy atom. The van der Waals surface area contributed by atoms with E-state index >= 15 is 0 Å². The molecule has 4 heteroatoms. The first kappa shape index (κ1) is 13.6. The van der Waals surface area contributed by atoms with Crippen LogP contribution < -0.4 is 5.32 Å². The van der Waals surface area contributed by atoms with Crippen molar-refractivity contribution in [3.63, 3.8) is 0 Å². The smallest absolute Gasteiger partial charge is 0.117 e. The lowest BCUT2D eigenvalue weighted by Crippen LogP contribution is -2.48. The van der Waals surface area contributed by atoms with Crippen molar-refractivity contribution in [2.45, 2.75) is 39.5 Å². The molecule has 2 rings (SSSR count). The summed E-state index contributed by atoms with van der Waals surface area (Å²) in [6.45, 7) is 11.0. The molecule has 2 heterocycles. The Bertz CT molecular complexity index is 362. The maximum absolute atomic E-state index is 5.77. The minimum absolute atomic E-state index is 0.289. The third-order valence-corrected chi connectivity index (χ3v) is 3.37. The summed E-state index contributed by atoms with van der Waals surface area (Å²) in [6, 6.07) is 4.61. The highest BCUT2D eigenvalue weighted by molar-refractivity contribution is 5.05. The van der Waals surface area contributed by atoms with E-state index in [0.717, 1.165) is 44.3 Å². The summed E-state index contributed by atoms with van der Waals surface area (Å²) >= 11 is 0. The Labute approximate surface area is 109 Å². The molecule has 102 valence electrons. The van der Waals surface area contributed by atoms with Crippen molar-refractivity contribution in [3.8, 4) is 0 Å². The van der Waals surface area contributed by atoms with Crippen LogP contribution in [0.5, 0.6) is 0 Å². The van der Waals surface area contributed by atoms with Crippen LogP contribution in [0.4, 0.5) is 0 Å². The van der Waals surface area contributed by atoms with Crippen LogP contribution in [0.1, 0.15) is 25.4 Å². The topological polar surface area (TPSA) is 37.6 Å². The average Bonchev–Trinajstić information content (AvgIpc) is 2.75. The second-order valence-corrected chi connectivity index (χ2v) is 5.22. The molecule has 18 heavy (non-hydrogen) atoms. The van der Waals surface area contributed by atoms with E-state index in [9.17, 15) is 0 Å². The van der Waals surface area contributed by atoms with E-state index in [0.29, 0.717) is 6.04 Å². The van der Waals surface area contributed by atoms with Crippen LogP contribution >= 0.6 is 0 Å². The molecule has 1 aliphatic rings. The molecular weight excluding hydrogens is 228 g/mol. The summed E-state index contributed by atoms with van der Waals surface area (Å²) in [4.78, 5) is 2.47. The first-order valence-corrected chi connectivity index (χ1v) is 6.77. The lowest BCUT2D eigenvalue weighted by Gasteiger charge is -2.35. The highest BCUT2D eigenvalue weighted by Crippen LogP contribution is 2.09. The van der Waals surface area contributed by atoms with Gasteiger partial charge in [0, 0.05) is 25.7 Å². The van der Waals surface area contributed by atoms with Crippen molar-refractivity contribution in [1.82, 2.24) is 10.2 Å². The number of nitrogens with zero attached hydrogens (tertiary/aromatic N) is 1. The standard InChI is InChI=1S/C14H24N2O2/c1-11(2)16-6-7-17-14(10-16)9-15-8-13-5-4-12(3)18-13/h4-5,11,14-15H,6-10H2,1-3H3. The minimum atomic E-state index is 0.289. The van der Waals surface area contributed by atoms with Gasteiger partial charge in [-0.25, -0.2) is 0 Å². The number of hydrogen-bond donors (Lipinski definition) is 1. The van der Waals surface area contributed by atoms with E-state index in [1.165, 1.54) is 0 Å². The highest BCUT2D eigenvalue weighted by atomic mass is 16.5. The van der Waals surface area contributed by atoms with Crippen molar-refractivity contribution < 1.29 is 9.15 Å². The van der Waals surface area contributed by atoms with Gasteiger partial charge in [-0.15, -0.1) is 0 Å². The van der Waals surface area contributed by atoms with Gasteiger partial charge in [-0.3, -0.25) is 4.90 Å². The molecule has 1 aliphatic heterocycles. The fraction of sp³-hybridized carbons (Fsp3) is 0.714. The van der Waals surface area contributed by atoms with Crippen molar-refractivity contribution in [1.29, 1.82) is 0 Å². The Kier molecular flexibility index (Phi) is 4.80. The monoisotopic (exact) mass is 252 g/mol. The van der Waals surface area contributed by atoms with Gasteiger partial charge in [-0.05, 0) is 32.9 Å². The fourth-order valence-electron chi connectivity index (χ4n) is 2.27. The molecule has 1 aromatic heterocycles. The number of aryl methyl sites for hydroxylation is 1. The number of rotatable bonds is 5. The third-order valence-electron chi connectivity index (χ3n) is 3.37. The third kappa shape index (κ3) is 3.83. The lowest BCUT2D eigenvalue weighted by molar-refractivity contribution is -0.0373. The Morgan fingerprint density at radius 3 is 2.94 bits per heavy atom. The lowest BCUT2D eigenvalue weighted by atomic mass is 10.2. The van der Waals surface area contributed by atoms with E-state index in [-0.39, 0.29) is 6.10 Å². The van der Waals surface area contributed by atoms with Gasteiger partial charge in [0.15, 0.2) is 0 Å². The van der Waals surface area contributed by atoms with E-state index in [2.05, 4.69) is 24.1 Å². The molecule has 1 unspecified atom stereocenters. The summed E-state index contributed by atoms with van der Waals surface area (Å²) < 4.78 is 11.3. The van der Waals surface area contributed by atoms with Gasteiger partial charge in [-0.2, -0.15) is 0 Å². The van der Waals surface area contributed by atoms with Gasteiger partial charge in [0.2, 0.25) is 0 Å². The van der Waals surface area contributed by atoms with Gasteiger partial charge >= 0.3 is 0 Å². The number of ether oxygens (including phenoxy) is 1. The fourth-order valence-corrected chi connectivity index (χ4v) is 2.27. The molecule has 1 saturated heterocycles. The summed E-state index contributed by atoms with van der Waals surface area (Å²) in [5.74, 6) is 1.95. The number of morpholine rings is 1. The van der Waals surface area contributed by atoms with Crippen molar-refractivity contribution in [3.05, 3.63) is 23.7 Å². The summed E-state index contributed by atoms with van der Waals surface area (Å²) in [6.07, 6.45) is 0.289. The average molecular weight is 252 g/mol. The first-order valence-electron chi connectivity index (χ1n) is 6.77. The zero-order chi connectivity index (χ0) is 13.0. The van der Waals surface area contributed by atoms with Crippen LogP contribution in [0.3, 0.4) is 0 Å². The van der Waals surface area contributed by atoms with Crippen LogP contribution in [-0.2, 0) is 11.3 Å². The van der Waals surface area contributed by atoms with E-state index in [1.54, 1.807) is 0 Å². The van der Waals surface area contributed by atoms with Crippen molar-refractivity contribution in [2.75, 3.05) is 26.2 Å². The van der Waals surface area contributed by atoms with Gasteiger partial charge in [0.05, 0.1) is 19.3 Å². The van der Waals surface area contributed by atoms with Crippen LogP contribution in [-0.4, -0.2) is 43.3 Å². The summed E-state index contributed by atoms with van der Waals surface area (Å²) in [5.41, 5.74) is 0. The second kappa shape index (κ2) is 6.36. The van der Waals surface area contributed by atoms with Crippen molar-refractivity contribution >= 4 is 0 Å². The number of nitrogens with one attached hydrogen (secondary N) is 1. The molecule has 0 aromatic carbocycles. The van der Waals surface area contributed by atoms with Gasteiger partial charge in [-0.1, -0.05) is 0 Å². The number of hydrogen-bond acceptors (Lipinski definition) is 4. The molecule has 0 spiro atoms. The maximum Gasteiger partial charge on any atom is 0.117 e. The summed E-state index contributed by atoms with van der Waals surface area (Å²) in [5, 5.41) is 3.40. The van der Waals surface area contributed by atoms with Crippen LogP contribution in [0.15, 0.2) is 16.5 Å². The highest BCUT2D eigenvalue weighted by Gasteiger charge is 2.21. The zero-order valence-electron chi connectivity index (χ0n) is 11.6. The molecule has 1 fully saturated rings. The molecule has 0 saturated carbocycles. The van der Waals surface area contributed by atoms with Gasteiger partial charge < -0.3 is 14.5 Å². The Morgan fingerprint density at radius 2 is 2.28 bits per heavy atom. The molecule has 1 N–H and O–H groups in total. The quantitative estimate of drug-likeness (QED) is 0.867. The molecule has 1 atom stereocenters. The SMILES string of the molecule is Cc1ccc(CNCC2CN(C(C)C)CCO2)o1. The van der Waals surface area contributed by atoms with E-state index in [1.807, 2.05) is 19.1 Å². The van der Waals surface area contributed by atoms with Crippen molar-refractivity contribution in [2.24, 2.45) is 0 Å². The minimum Gasteiger partial charge on any atom is -0.465 e. The molecule has 4 nitrogen and oxygen atoms in total. The molecule has 0 aliphatic carbocycles. The molecule has 0 bridgehead atoms. The van der Waals surface area contributed by atoms with Gasteiger partial charge in [0.1, 0.15) is 11.5 Å². The Hall–Kier alpha value is -0.840. The van der Waals surface area contributed by atoms with Crippen LogP contribution in [0.2, 0.25) is 0 Å². The normalized spacial score (nSPS) is 21.7. The molecule has 0 amide bonds. The summed E-state index contributed by atoms with van der Waals surface area (Å²) in [7, 11) is 0. The first-order chi connectivity index (χ1) is 8.65. The molecular formula is C14H24N2O2. The largest absolute Gasteiger partial charge is 0.465 e. The maximum atomic E-state index is 5.77. The predicted octanol–water partition coefficient (Wildman–Crippen LogP) is 1.79. The zero-order valence-corrected chi connectivity index (χ0v) is 11.6. The van der Waals surface area contributed by atoms with Crippen LogP contribution in [0.25, 0.3) is 0 Å². The van der Waals surface area contributed by atoms with Gasteiger partial charge in [0.25, 0.3) is 0 Å². The Balaban J connectivity index is 1.70. The predicted molar refractivity (Wildman–Crippen MR) is 71.6 cm³/mol. The van der Waals surface area contributed by atoms with Crippen LogP contribution in [0, 0.1) is 6.92 Å². The molecule has 1 aromatic rings.